The molecule has 1 fully saturated rings. The summed E-state index contributed by atoms with van der Waals surface area (Å²) in [7, 11) is 0. The Labute approximate surface area is 169 Å². The molecule has 3 aromatic rings. The van der Waals surface area contributed by atoms with Crippen LogP contribution in [0.25, 0.3) is 0 Å². The van der Waals surface area contributed by atoms with Crippen molar-refractivity contribution >= 4 is 6.03 Å². The van der Waals surface area contributed by atoms with E-state index in [0.717, 1.165) is 24.0 Å². The molecule has 1 aromatic heterocycles. The van der Waals surface area contributed by atoms with E-state index >= 15 is 0 Å². The summed E-state index contributed by atoms with van der Waals surface area (Å²) in [6, 6.07) is 19.6. The molecule has 5 nitrogen and oxygen atoms in total. The van der Waals surface area contributed by atoms with Gasteiger partial charge in [0.25, 0.3) is 0 Å². The second-order valence-electron chi connectivity index (χ2n) is 7.03. The molecule has 0 spiro atoms. The number of benzene rings is 2. The lowest BCUT2D eigenvalue weighted by molar-refractivity contribution is 0.191. The van der Waals surface area contributed by atoms with Gasteiger partial charge in [0.15, 0.2) is 0 Å². The minimum absolute atomic E-state index is 0.114. The van der Waals surface area contributed by atoms with Crippen LogP contribution in [0.1, 0.15) is 24.0 Å². The first-order valence-corrected chi connectivity index (χ1v) is 9.65. The Morgan fingerprint density at radius 1 is 1.10 bits per heavy atom. The molecule has 1 N–H and O–H groups in total. The number of hydrogen-bond acceptors (Lipinski definition) is 3. The van der Waals surface area contributed by atoms with Gasteiger partial charge >= 0.3 is 6.03 Å². The van der Waals surface area contributed by atoms with Gasteiger partial charge in [-0.05, 0) is 36.6 Å². The average molecular weight is 391 g/mol. The van der Waals surface area contributed by atoms with Crippen molar-refractivity contribution in [2.45, 2.75) is 32.0 Å². The number of rotatable bonds is 7. The molecular formula is C23H22FN3O2. The van der Waals surface area contributed by atoms with Crippen molar-refractivity contribution in [3.63, 3.8) is 0 Å². The number of hydrogen-bond donors (Lipinski definition) is 1. The fourth-order valence-corrected chi connectivity index (χ4v) is 3.10. The number of amides is 2. The summed E-state index contributed by atoms with van der Waals surface area (Å²) < 4.78 is 19.1. The Bertz CT molecular complexity index is 977. The number of urea groups is 1. The van der Waals surface area contributed by atoms with Crippen LogP contribution in [0.5, 0.6) is 11.6 Å². The van der Waals surface area contributed by atoms with Crippen LogP contribution in [0.4, 0.5) is 9.18 Å². The molecule has 0 saturated heterocycles. The Hall–Kier alpha value is -3.41. The zero-order valence-corrected chi connectivity index (χ0v) is 15.9. The van der Waals surface area contributed by atoms with Gasteiger partial charge in [-0.15, -0.1) is 0 Å². The molecule has 0 atom stereocenters. The zero-order chi connectivity index (χ0) is 20.1. The van der Waals surface area contributed by atoms with Gasteiger partial charge in [0.1, 0.15) is 11.6 Å². The fourth-order valence-electron chi connectivity index (χ4n) is 3.10. The fraction of sp³-hybridized carbons (Fsp3) is 0.217. The number of nitrogens with one attached hydrogen (secondary N) is 1. The maximum atomic E-state index is 13.4. The van der Waals surface area contributed by atoms with Gasteiger partial charge in [0, 0.05) is 37.0 Å². The minimum atomic E-state index is -0.380. The summed E-state index contributed by atoms with van der Waals surface area (Å²) in [4.78, 5) is 18.9. The van der Waals surface area contributed by atoms with Crippen LogP contribution in [0.3, 0.4) is 0 Å². The van der Waals surface area contributed by atoms with E-state index in [0.29, 0.717) is 18.2 Å². The summed E-state index contributed by atoms with van der Waals surface area (Å²) in [6.45, 7) is 0.854. The molecule has 0 radical (unpaired) electrons. The monoisotopic (exact) mass is 391 g/mol. The van der Waals surface area contributed by atoms with Gasteiger partial charge in [0.2, 0.25) is 5.88 Å². The Morgan fingerprint density at radius 3 is 2.69 bits per heavy atom. The maximum absolute atomic E-state index is 13.4. The molecule has 1 aliphatic rings. The molecule has 0 unspecified atom stereocenters. The van der Waals surface area contributed by atoms with Gasteiger partial charge in [-0.1, -0.05) is 42.5 Å². The lowest BCUT2D eigenvalue weighted by Gasteiger charge is -2.23. The van der Waals surface area contributed by atoms with Crippen LogP contribution in [0.15, 0.2) is 72.9 Å². The molecule has 6 heteroatoms. The van der Waals surface area contributed by atoms with Crippen LogP contribution in [0.2, 0.25) is 0 Å². The molecule has 29 heavy (non-hydrogen) atoms. The molecule has 1 saturated carbocycles. The van der Waals surface area contributed by atoms with Crippen molar-refractivity contribution in [1.29, 1.82) is 0 Å². The molecule has 0 aliphatic heterocycles. The zero-order valence-electron chi connectivity index (χ0n) is 15.9. The lowest BCUT2D eigenvalue weighted by atomic mass is 10.2. The maximum Gasteiger partial charge on any atom is 0.318 e. The number of carbonyl (C=O) groups is 1. The molecule has 4 rings (SSSR count). The van der Waals surface area contributed by atoms with Crippen LogP contribution < -0.4 is 10.1 Å². The quantitative estimate of drug-likeness (QED) is 0.624. The normalized spacial score (nSPS) is 13.0. The van der Waals surface area contributed by atoms with E-state index < -0.39 is 0 Å². The third kappa shape index (κ3) is 5.10. The summed E-state index contributed by atoms with van der Waals surface area (Å²) in [6.07, 6.45) is 3.66. The van der Waals surface area contributed by atoms with E-state index in [-0.39, 0.29) is 24.4 Å². The predicted molar refractivity (Wildman–Crippen MR) is 108 cm³/mol. The third-order valence-electron chi connectivity index (χ3n) is 4.73. The van der Waals surface area contributed by atoms with Crippen molar-refractivity contribution < 1.29 is 13.9 Å². The van der Waals surface area contributed by atoms with E-state index in [9.17, 15) is 9.18 Å². The first kappa shape index (κ1) is 18.9. The van der Waals surface area contributed by atoms with Crippen LogP contribution in [-0.2, 0) is 13.1 Å². The standard InChI is InChI=1S/C23H22FN3O2/c24-19-9-4-10-21(14-19)29-22-18(8-5-13-25-22)15-26-23(28)27(20-11-12-20)16-17-6-2-1-3-7-17/h1-10,13-14,20H,11-12,15-16H2,(H,26,28). The SMILES string of the molecule is O=C(NCc1cccnc1Oc1cccc(F)c1)N(Cc1ccccc1)C1CC1. The van der Waals surface area contributed by atoms with Crippen LogP contribution in [0, 0.1) is 5.82 Å². The second kappa shape index (κ2) is 8.73. The van der Waals surface area contributed by atoms with Gasteiger partial charge in [-0.3, -0.25) is 0 Å². The summed E-state index contributed by atoms with van der Waals surface area (Å²) in [5, 5.41) is 2.97. The molecule has 1 aliphatic carbocycles. The van der Waals surface area contributed by atoms with Crippen LogP contribution in [-0.4, -0.2) is 22.0 Å². The van der Waals surface area contributed by atoms with Crippen molar-refractivity contribution in [1.82, 2.24) is 15.2 Å². The number of nitrogens with zero attached hydrogens (tertiary/aromatic N) is 2. The van der Waals surface area contributed by atoms with Gasteiger partial charge in [-0.25, -0.2) is 14.2 Å². The summed E-state index contributed by atoms with van der Waals surface area (Å²) >= 11 is 0. The molecule has 1 heterocycles. The Kier molecular flexibility index (Phi) is 5.70. The largest absolute Gasteiger partial charge is 0.439 e. The van der Waals surface area contributed by atoms with Crippen molar-refractivity contribution in [3.8, 4) is 11.6 Å². The van der Waals surface area contributed by atoms with E-state index in [1.807, 2.05) is 41.3 Å². The van der Waals surface area contributed by atoms with Crippen molar-refractivity contribution in [2.24, 2.45) is 0 Å². The van der Waals surface area contributed by atoms with E-state index in [4.69, 9.17) is 4.74 Å². The third-order valence-corrected chi connectivity index (χ3v) is 4.73. The van der Waals surface area contributed by atoms with E-state index in [1.165, 1.54) is 12.1 Å². The first-order valence-electron chi connectivity index (χ1n) is 9.65. The first-order chi connectivity index (χ1) is 14.2. The topological polar surface area (TPSA) is 54.5 Å². The van der Waals surface area contributed by atoms with Gasteiger partial charge < -0.3 is 15.0 Å². The van der Waals surface area contributed by atoms with Crippen LogP contribution >= 0.6 is 0 Å². The van der Waals surface area contributed by atoms with Crippen molar-refractivity contribution in [2.75, 3.05) is 0 Å². The van der Waals surface area contributed by atoms with Gasteiger partial charge in [-0.2, -0.15) is 0 Å². The molecule has 2 amide bonds. The average Bonchev–Trinajstić information content (AvgIpc) is 3.57. The summed E-state index contributed by atoms with van der Waals surface area (Å²) in [5.74, 6) is 0.327. The number of halogens is 1. The Morgan fingerprint density at radius 2 is 1.93 bits per heavy atom. The second-order valence-corrected chi connectivity index (χ2v) is 7.03. The highest BCUT2D eigenvalue weighted by Crippen LogP contribution is 2.29. The predicted octanol–water partition coefficient (Wildman–Crippen LogP) is 4.89. The molecule has 148 valence electrons. The molecule has 0 bridgehead atoms. The van der Waals surface area contributed by atoms with Crippen molar-refractivity contribution in [3.05, 3.63) is 89.9 Å². The highest BCUT2D eigenvalue weighted by atomic mass is 19.1. The lowest BCUT2D eigenvalue weighted by Crippen LogP contribution is -2.40. The molecular weight excluding hydrogens is 369 g/mol. The van der Waals surface area contributed by atoms with E-state index in [2.05, 4.69) is 10.3 Å². The number of aromatic nitrogens is 1. The number of pyridine rings is 1. The minimum Gasteiger partial charge on any atom is -0.439 e. The molecule has 2 aromatic carbocycles. The summed E-state index contributed by atoms with van der Waals surface area (Å²) in [5.41, 5.74) is 1.83. The smallest absolute Gasteiger partial charge is 0.318 e. The van der Waals surface area contributed by atoms with Gasteiger partial charge in [0.05, 0.1) is 0 Å². The Balaban J connectivity index is 1.42. The van der Waals surface area contributed by atoms with E-state index in [1.54, 1.807) is 24.4 Å². The highest BCUT2D eigenvalue weighted by Gasteiger charge is 2.32. The number of ether oxygens (including phenoxy) is 1. The number of carbonyl (C=O) groups excluding carboxylic acids is 1. The highest BCUT2D eigenvalue weighted by molar-refractivity contribution is 5.75.